The van der Waals surface area contributed by atoms with E-state index < -0.39 is 0 Å². The summed E-state index contributed by atoms with van der Waals surface area (Å²) < 4.78 is 0. The molecular formula is C19H26N4O. The van der Waals surface area contributed by atoms with E-state index >= 15 is 0 Å². The largest absolute Gasteiger partial charge is 0.370 e. The molecule has 5 heteroatoms. The van der Waals surface area contributed by atoms with E-state index in [1.807, 2.05) is 30.3 Å². The second-order valence-corrected chi connectivity index (χ2v) is 6.19. The van der Waals surface area contributed by atoms with E-state index in [0.29, 0.717) is 29.8 Å². The van der Waals surface area contributed by atoms with Crippen LogP contribution in [0.1, 0.15) is 44.1 Å². The quantitative estimate of drug-likeness (QED) is 0.775. The lowest BCUT2D eigenvalue weighted by Crippen LogP contribution is -2.26. The molecule has 128 valence electrons. The zero-order valence-corrected chi connectivity index (χ0v) is 14.7. The maximum Gasteiger partial charge on any atom is 0.270 e. The summed E-state index contributed by atoms with van der Waals surface area (Å²) in [6, 6.07) is 11.4. The van der Waals surface area contributed by atoms with E-state index in [2.05, 4.69) is 41.4 Å². The van der Waals surface area contributed by atoms with Crippen molar-refractivity contribution in [1.29, 1.82) is 0 Å². The topological polar surface area (TPSA) is 66.9 Å². The summed E-state index contributed by atoms with van der Waals surface area (Å²) in [5.74, 6) is 1.64. The molecule has 0 radical (unpaired) electrons. The molecule has 0 unspecified atom stereocenters. The number of anilines is 1. The Morgan fingerprint density at radius 1 is 1.12 bits per heavy atom. The third-order valence-corrected chi connectivity index (χ3v) is 3.55. The fourth-order valence-corrected chi connectivity index (χ4v) is 2.19. The van der Waals surface area contributed by atoms with Gasteiger partial charge >= 0.3 is 0 Å². The second-order valence-electron chi connectivity index (χ2n) is 6.19. The average Bonchev–Trinajstić information content (AvgIpc) is 2.60. The Labute approximate surface area is 143 Å². The monoisotopic (exact) mass is 326 g/mol. The minimum Gasteiger partial charge on any atom is -0.370 e. The van der Waals surface area contributed by atoms with Crippen LogP contribution in [0.2, 0.25) is 0 Å². The number of benzene rings is 1. The maximum atomic E-state index is 12.4. The lowest BCUT2D eigenvalue weighted by Gasteiger charge is -2.11. The number of hydrogen-bond acceptors (Lipinski definition) is 4. The fraction of sp³-hybridized carbons (Fsp3) is 0.421. The van der Waals surface area contributed by atoms with E-state index in [1.54, 1.807) is 6.07 Å². The molecule has 1 aromatic heterocycles. The van der Waals surface area contributed by atoms with Crippen molar-refractivity contribution in [3.05, 3.63) is 42.1 Å². The van der Waals surface area contributed by atoms with Gasteiger partial charge in [0, 0.05) is 24.7 Å². The number of nitrogens with zero attached hydrogens (tertiary/aromatic N) is 2. The van der Waals surface area contributed by atoms with E-state index in [0.717, 1.165) is 24.9 Å². The first-order valence-electron chi connectivity index (χ1n) is 8.56. The Morgan fingerprint density at radius 3 is 2.54 bits per heavy atom. The summed E-state index contributed by atoms with van der Waals surface area (Å²) >= 11 is 0. The molecule has 5 nitrogen and oxygen atoms in total. The third-order valence-electron chi connectivity index (χ3n) is 3.55. The molecule has 0 spiro atoms. The zero-order valence-electron chi connectivity index (χ0n) is 14.7. The van der Waals surface area contributed by atoms with Crippen molar-refractivity contribution in [2.75, 3.05) is 18.4 Å². The van der Waals surface area contributed by atoms with E-state index in [4.69, 9.17) is 0 Å². The van der Waals surface area contributed by atoms with Crippen LogP contribution in [0.5, 0.6) is 0 Å². The molecule has 2 N–H and O–H groups in total. The van der Waals surface area contributed by atoms with Gasteiger partial charge in [0.1, 0.15) is 11.5 Å². The van der Waals surface area contributed by atoms with Gasteiger partial charge in [-0.05, 0) is 18.8 Å². The van der Waals surface area contributed by atoms with Gasteiger partial charge in [0.25, 0.3) is 5.91 Å². The van der Waals surface area contributed by atoms with E-state index in [1.165, 1.54) is 0 Å². The molecule has 0 saturated heterocycles. The Morgan fingerprint density at radius 2 is 1.88 bits per heavy atom. The second kappa shape index (κ2) is 9.01. The van der Waals surface area contributed by atoms with Crippen LogP contribution in [0.4, 0.5) is 5.82 Å². The summed E-state index contributed by atoms with van der Waals surface area (Å²) in [5, 5.41) is 6.18. The highest BCUT2D eigenvalue weighted by Gasteiger charge is 2.12. The number of nitrogens with one attached hydrogen (secondary N) is 2. The van der Waals surface area contributed by atoms with Crippen LogP contribution in [0.3, 0.4) is 0 Å². The summed E-state index contributed by atoms with van der Waals surface area (Å²) in [7, 11) is 0. The van der Waals surface area contributed by atoms with Gasteiger partial charge in [-0.25, -0.2) is 9.97 Å². The van der Waals surface area contributed by atoms with E-state index in [9.17, 15) is 4.79 Å². The van der Waals surface area contributed by atoms with Gasteiger partial charge in [-0.3, -0.25) is 4.79 Å². The van der Waals surface area contributed by atoms with Crippen molar-refractivity contribution in [3.63, 3.8) is 0 Å². The molecular weight excluding hydrogens is 300 g/mol. The standard InChI is InChI=1S/C19H26N4O/c1-4-11-20-17-13-16(19(24)21-12-10-14(2)3)22-18(23-17)15-8-6-5-7-9-15/h5-9,13-14H,4,10-12H2,1-3H3,(H,21,24)(H,20,22,23). The minimum absolute atomic E-state index is 0.158. The Balaban J connectivity index is 2.24. The highest BCUT2D eigenvalue weighted by Crippen LogP contribution is 2.18. The van der Waals surface area contributed by atoms with Crippen molar-refractivity contribution < 1.29 is 4.79 Å². The number of amides is 1. The molecule has 0 fully saturated rings. The Kier molecular flexibility index (Phi) is 6.73. The van der Waals surface area contributed by atoms with Gasteiger partial charge in [0.2, 0.25) is 0 Å². The van der Waals surface area contributed by atoms with Gasteiger partial charge in [-0.15, -0.1) is 0 Å². The number of carbonyl (C=O) groups is 1. The molecule has 0 aliphatic heterocycles. The molecule has 0 bridgehead atoms. The van der Waals surface area contributed by atoms with Crippen LogP contribution in [-0.2, 0) is 0 Å². The number of rotatable bonds is 8. The van der Waals surface area contributed by atoms with E-state index in [-0.39, 0.29) is 5.91 Å². The molecule has 1 amide bonds. The highest BCUT2D eigenvalue weighted by molar-refractivity contribution is 5.93. The van der Waals surface area contributed by atoms with Crippen molar-refractivity contribution in [1.82, 2.24) is 15.3 Å². The first-order valence-corrected chi connectivity index (χ1v) is 8.56. The summed E-state index contributed by atoms with van der Waals surface area (Å²) in [4.78, 5) is 21.4. The number of carbonyl (C=O) groups excluding carboxylic acids is 1. The van der Waals surface area contributed by atoms with Crippen LogP contribution in [0.15, 0.2) is 36.4 Å². The smallest absolute Gasteiger partial charge is 0.270 e. The molecule has 2 rings (SSSR count). The first kappa shape index (κ1) is 17.9. The predicted molar refractivity (Wildman–Crippen MR) is 98.0 cm³/mol. The van der Waals surface area contributed by atoms with Crippen LogP contribution in [0, 0.1) is 5.92 Å². The summed E-state index contributed by atoms with van der Waals surface area (Å²) in [6.07, 6.45) is 1.93. The lowest BCUT2D eigenvalue weighted by molar-refractivity contribution is 0.0947. The Bertz CT molecular complexity index is 656. The van der Waals surface area contributed by atoms with Gasteiger partial charge in [-0.2, -0.15) is 0 Å². The van der Waals surface area contributed by atoms with Crippen molar-refractivity contribution in [3.8, 4) is 11.4 Å². The highest BCUT2D eigenvalue weighted by atomic mass is 16.1. The third kappa shape index (κ3) is 5.33. The van der Waals surface area contributed by atoms with Crippen molar-refractivity contribution in [2.45, 2.75) is 33.6 Å². The molecule has 0 atom stereocenters. The maximum absolute atomic E-state index is 12.4. The SMILES string of the molecule is CCCNc1cc(C(=O)NCCC(C)C)nc(-c2ccccc2)n1. The summed E-state index contributed by atoms with van der Waals surface area (Å²) in [5.41, 5.74) is 1.29. The Hall–Kier alpha value is -2.43. The lowest BCUT2D eigenvalue weighted by atomic mass is 10.1. The first-order chi connectivity index (χ1) is 11.6. The number of hydrogen-bond donors (Lipinski definition) is 2. The zero-order chi connectivity index (χ0) is 17.4. The van der Waals surface area contributed by atoms with Crippen molar-refractivity contribution >= 4 is 11.7 Å². The molecule has 2 aromatic rings. The van der Waals surface area contributed by atoms with Crippen molar-refractivity contribution in [2.24, 2.45) is 5.92 Å². The van der Waals surface area contributed by atoms with Crippen LogP contribution in [-0.4, -0.2) is 29.0 Å². The normalized spacial score (nSPS) is 10.7. The van der Waals surface area contributed by atoms with Crippen LogP contribution in [0.25, 0.3) is 11.4 Å². The van der Waals surface area contributed by atoms with Crippen LogP contribution >= 0.6 is 0 Å². The van der Waals surface area contributed by atoms with Gasteiger partial charge in [0.15, 0.2) is 5.82 Å². The molecule has 0 aliphatic carbocycles. The minimum atomic E-state index is -0.158. The predicted octanol–water partition coefficient (Wildman–Crippen LogP) is 3.74. The van der Waals surface area contributed by atoms with Gasteiger partial charge in [0.05, 0.1) is 0 Å². The molecule has 24 heavy (non-hydrogen) atoms. The molecule has 0 saturated carbocycles. The van der Waals surface area contributed by atoms with Gasteiger partial charge in [-0.1, -0.05) is 51.1 Å². The number of aromatic nitrogens is 2. The molecule has 1 heterocycles. The fourth-order valence-electron chi connectivity index (χ4n) is 2.19. The van der Waals surface area contributed by atoms with Gasteiger partial charge < -0.3 is 10.6 Å². The van der Waals surface area contributed by atoms with Crippen LogP contribution < -0.4 is 10.6 Å². The summed E-state index contributed by atoms with van der Waals surface area (Å²) in [6.45, 7) is 7.82. The average molecular weight is 326 g/mol. The molecule has 0 aliphatic rings. The molecule has 1 aromatic carbocycles.